The number of nitrogens with two attached hydrogens (primary N) is 1. The molecule has 1 aromatic carbocycles. The Bertz CT molecular complexity index is 519. The molecule has 0 atom stereocenters. The maximum Gasteiger partial charge on any atom is 0.0870 e. The zero-order valence-corrected chi connectivity index (χ0v) is 11.5. The number of likely N-dealkylation sites (N-methyl/N-ethyl adjacent to an activating group) is 1. The van der Waals surface area contributed by atoms with Gasteiger partial charge >= 0.3 is 0 Å². The van der Waals surface area contributed by atoms with Gasteiger partial charge in [0.1, 0.15) is 0 Å². The minimum absolute atomic E-state index is 0.561. The third-order valence-corrected chi connectivity index (χ3v) is 3.92. The van der Waals surface area contributed by atoms with Crippen LogP contribution in [-0.2, 0) is 6.54 Å². The second-order valence-electron chi connectivity index (χ2n) is 4.03. The Labute approximate surface area is 111 Å². The molecule has 0 spiro atoms. The van der Waals surface area contributed by atoms with Crippen LogP contribution in [0, 0.1) is 0 Å². The first-order valence-corrected chi connectivity index (χ1v) is 6.95. The van der Waals surface area contributed by atoms with Crippen molar-refractivity contribution in [2.24, 2.45) is 5.73 Å². The third kappa shape index (κ3) is 3.03. The Morgan fingerprint density at radius 2 is 2.18 bits per heavy atom. The van der Waals surface area contributed by atoms with E-state index in [0.717, 1.165) is 13.1 Å². The minimum atomic E-state index is 0.561. The molecule has 0 saturated carbocycles. The summed E-state index contributed by atoms with van der Waals surface area (Å²) in [6.07, 6.45) is 0. The predicted molar refractivity (Wildman–Crippen MR) is 79.6 cm³/mol. The maximum atomic E-state index is 5.60. The fourth-order valence-corrected chi connectivity index (χ4v) is 3.03. The van der Waals surface area contributed by atoms with Gasteiger partial charge in [0.2, 0.25) is 0 Å². The highest BCUT2D eigenvalue weighted by atomic mass is 32.1. The summed E-state index contributed by atoms with van der Waals surface area (Å²) in [7, 11) is 0. The summed E-state index contributed by atoms with van der Waals surface area (Å²) in [4.78, 5) is 2.82. The van der Waals surface area contributed by atoms with Crippen LogP contribution in [0.1, 0.15) is 12.5 Å². The Hall–Kier alpha value is -0.970. The zero-order chi connectivity index (χ0) is 12.3. The topological polar surface area (TPSA) is 29.3 Å². The fraction of sp³-hybridized carbons (Fsp3) is 0.308. The summed E-state index contributed by atoms with van der Waals surface area (Å²) in [5.41, 5.74) is 6.97. The molecule has 0 unspecified atom stereocenters. The van der Waals surface area contributed by atoms with Crippen LogP contribution in [0.3, 0.4) is 0 Å². The highest BCUT2D eigenvalue weighted by Crippen LogP contribution is 2.26. The third-order valence-electron chi connectivity index (χ3n) is 2.78. The first-order valence-electron chi connectivity index (χ1n) is 5.66. The van der Waals surface area contributed by atoms with E-state index in [-0.39, 0.29) is 0 Å². The van der Waals surface area contributed by atoms with Crippen molar-refractivity contribution in [3.8, 4) is 0 Å². The van der Waals surface area contributed by atoms with Gasteiger partial charge in [0.05, 0.1) is 4.99 Å². The van der Waals surface area contributed by atoms with E-state index in [1.54, 1.807) is 11.3 Å². The molecule has 0 saturated heterocycles. The number of thiocarbonyl (C=S) groups is 1. The number of nitrogens with zero attached hydrogens (tertiary/aromatic N) is 1. The fourth-order valence-electron chi connectivity index (χ4n) is 1.90. The van der Waals surface area contributed by atoms with Crippen molar-refractivity contribution in [3.63, 3.8) is 0 Å². The maximum absolute atomic E-state index is 5.60. The SMILES string of the molecule is CCN(CC(N)=S)Cc1csc2ccccc12. The van der Waals surface area contributed by atoms with Crippen LogP contribution in [0.2, 0.25) is 0 Å². The summed E-state index contributed by atoms with van der Waals surface area (Å²) in [5.74, 6) is 0. The Balaban J connectivity index is 2.19. The molecule has 0 amide bonds. The van der Waals surface area contributed by atoms with Crippen LogP contribution in [0.15, 0.2) is 29.6 Å². The van der Waals surface area contributed by atoms with E-state index in [1.807, 2.05) is 0 Å². The zero-order valence-electron chi connectivity index (χ0n) is 9.85. The monoisotopic (exact) mass is 264 g/mol. The number of thiophene rings is 1. The molecule has 4 heteroatoms. The summed E-state index contributed by atoms with van der Waals surface area (Å²) in [6.45, 7) is 4.70. The summed E-state index contributed by atoms with van der Waals surface area (Å²) in [5, 5.41) is 3.58. The molecule has 0 aliphatic rings. The van der Waals surface area contributed by atoms with Crippen molar-refractivity contribution in [2.75, 3.05) is 13.1 Å². The van der Waals surface area contributed by atoms with Crippen molar-refractivity contribution < 1.29 is 0 Å². The first-order chi connectivity index (χ1) is 8.20. The van der Waals surface area contributed by atoms with Crippen LogP contribution in [-0.4, -0.2) is 23.0 Å². The first kappa shape index (κ1) is 12.5. The van der Waals surface area contributed by atoms with E-state index in [0.29, 0.717) is 11.5 Å². The minimum Gasteiger partial charge on any atom is -0.392 e. The summed E-state index contributed by atoms with van der Waals surface area (Å²) < 4.78 is 1.34. The number of rotatable bonds is 5. The lowest BCUT2D eigenvalue weighted by molar-refractivity contribution is 0.322. The van der Waals surface area contributed by atoms with Crippen molar-refractivity contribution in [1.29, 1.82) is 0 Å². The smallest absolute Gasteiger partial charge is 0.0870 e. The van der Waals surface area contributed by atoms with Crippen LogP contribution >= 0.6 is 23.6 Å². The van der Waals surface area contributed by atoms with Crippen molar-refractivity contribution >= 4 is 38.6 Å². The predicted octanol–water partition coefficient (Wildman–Crippen LogP) is 3.01. The lowest BCUT2D eigenvalue weighted by Gasteiger charge is -2.19. The molecule has 0 radical (unpaired) electrons. The summed E-state index contributed by atoms with van der Waals surface area (Å²) >= 11 is 6.76. The van der Waals surface area contributed by atoms with Crippen LogP contribution < -0.4 is 5.73 Å². The number of hydrogen-bond donors (Lipinski definition) is 1. The molecular weight excluding hydrogens is 248 g/mol. The van der Waals surface area contributed by atoms with Crippen LogP contribution in [0.5, 0.6) is 0 Å². The largest absolute Gasteiger partial charge is 0.392 e. The highest BCUT2D eigenvalue weighted by molar-refractivity contribution is 7.80. The van der Waals surface area contributed by atoms with Crippen molar-refractivity contribution in [3.05, 3.63) is 35.2 Å². The van der Waals surface area contributed by atoms with E-state index in [9.17, 15) is 0 Å². The Kier molecular flexibility index (Phi) is 4.10. The Morgan fingerprint density at radius 1 is 1.41 bits per heavy atom. The molecule has 0 aliphatic carbocycles. The average molecular weight is 264 g/mol. The van der Waals surface area contributed by atoms with Gasteiger partial charge in [0.15, 0.2) is 0 Å². The van der Waals surface area contributed by atoms with Crippen LogP contribution in [0.25, 0.3) is 10.1 Å². The van der Waals surface area contributed by atoms with E-state index < -0.39 is 0 Å². The van der Waals surface area contributed by atoms with Crippen molar-refractivity contribution in [1.82, 2.24) is 4.90 Å². The summed E-state index contributed by atoms with van der Waals surface area (Å²) in [6, 6.07) is 8.50. The number of fused-ring (bicyclic) bond motifs is 1. The molecule has 0 aliphatic heterocycles. The van der Waals surface area contributed by atoms with Gasteiger partial charge in [-0.3, -0.25) is 4.90 Å². The molecular formula is C13H16N2S2. The second-order valence-corrected chi connectivity index (χ2v) is 5.46. The van der Waals surface area contributed by atoms with Gasteiger partial charge in [-0.25, -0.2) is 0 Å². The molecule has 0 fully saturated rings. The molecule has 2 rings (SSSR count). The van der Waals surface area contributed by atoms with E-state index in [1.165, 1.54) is 15.6 Å². The Morgan fingerprint density at radius 3 is 2.88 bits per heavy atom. The normalized spacial score (nSPS) is 11.2. The molecule has 2 N–H and O–H groups in total. The van der Waals surface area contributed by atoms with Gasteiger partial charge in [0.25, 0.3) is 0 Å². The molecule has 90 valence electrons. The van der Waals surface area contributed by atoms with Gasteiger partial charge in [-0.05, 0) is 28.9 Å². The van der Waals surface area contributed by atoms with Gasteiger partial charge < -0.3 is 5.73 Å². The second kappa shape index (κ2) is 5.58. The van der Waals surface area contributed by atoms with Crippen molar-refractivity contribution in [2.45, 2.75) is 13.5 Å². The van der Waals surface area contributed by atoms with E-state index in [4.69, 9.17) is 18.0 Å². The molecule has 17 heavy (non-hydrogen) atoms. The van der Waals surface area contributed by atoms with Gasteiger partial charge in [-0.15, -0.1) is 11.3 Å². The lowest BCUT2D eigenvalue weighted by Crippen LogP contribution is -2.32. The lowest BCUT2D eigenvalue weighted by atomic mass is 10.1. The standard InChI is InChI=1S/C13H16N2S2/c1-2-15(8-13(14)16)7-10-9-17-12-6-4-3-5-11(10)12/h3-6,9H,2,7-8H2,1H3,(H2,14,16). The molecule has 1 heterocycles. The van der Waals surface area contributed by atoms with Gasteiger partial charge in [0, 0.05) is 17.8 Å². The molecule has 2 aromatic rings. The molecule has 1 aromatic heterocycles. The highest BCUT2D eigenvalue weighted by Gasteiger charge is 2.08. The van der Waals surface area contributed by atoms with Gasteiger partial charge in [-0.1, -0.05) is 37.3 Å². The average Bonchev–Trinajstić information content (AvgIpc) is 2.71. The van der Waals surface area contributed by atoms with E-state index >= 15 is 0 Å². The molecule has 0 bridgehead atoms. The number of hydrogen-bond acceptors (Lipinski definition) is 3. The van der Waals surface area contributed by atoms with Crippen LogP contribution in [0.4, 0.5) is 0 Å². The van der Waals surface area contributed by atoms with E-state index in [2.05, 4.69) is 41.5 Å². The number of benzene rings is 1. The van der Waals surface area contributed by atoms with Gasteiger partial charge in [-0.2, -0.15) is 0 Å². The quantitative estimate of drug-likeness (QED) is 0.842. The molecule has 2 nitrogen and oxygen atoms in total.